The topological polar surface area (TPSA) is 61.8 Å². The second kappa shape index (κ2) is 7.97. The van der Waals surface area contributed by atoms with Crippen LogP contribution in [0.2, 0.25) is 0 Å². The van der Waals surface area contributed by atoms with Gasteiger partial charge in [0.05, 0.1) is 19.8 Å². The number of Topliss-reactive ketones (excluding diaryl/α,β-unsaturated/α-hetero) is 1. The largest absolute Gasteiger partial charge is 0.497 e. The summed E-state index contributed by atoms with van der Waals surface area (Å²) >= 11 is 0. The first kappa shape index (κ1) is 17.3. The summed E-state index contributed by atoms with van der Waals surface area (Å²) in [6.45, 7) is 1.41. The second-order valence-corrected chi connectivity index (χ2v) is 4.95. The Hall–Kier alpha value is -3.08. The number of benzene rings is 2. The van der Waals surface area contributed by atoms with Crippen molar-refractivity contribution in [2.24, 2.45) is 0 Å². The average molecular weight is 326 g/mol. The highest BCUT2D eigenvalue weighted by Crippen LogP contribution is 2.25. The molecular weight excluding hydrogens is 308 g/mol. The van der Waals surface area contributed by atoms with Gasteiger partial charge in [-0.1, -0.05) is 12.1 Å². The smallest absolute Gasteiger partial charge is 0.336 e. The van der Waals surface area contributed by atoms with Gasteiger partial charge < -0.3 is 14.2 Å². The van der Waals surface area contributed by atoms with E-state index in [4.69, 9.17) is 14.2 Å². The number of carbonyl (C=O) groups excluding carboxylic acids is 2. The van der Waals surface area contributed by atoms with Crippen LogP contribution in [0.4, 0.5) is 0 Å². The monoisotopic (exact) mass is 326 g/mol. The summed E-state index contributed by atoms with van der Waals surface area (Å²) < 4.78 is 15.4. The molecule has 0 aliphatic carbocycles. The average Bonchev–Trinajstić information content (AvgIpc) is 2.60. The number of rotatable bonds is 6. The summed E-state index contributed by atoms with van der Waals surface area (Å²) in [4.78, 5) is 23.6. The molecule has 0 aliphatic rings. The quantitative estimate of drug-likeness (QED) is 0.352. The molecule has 0 atom stereocenters. The Bertz CT molecular complexity index is 760. The number of ketones is 1. The molecule has 0 aliphatic heterocycles. The van der Waals surface area contributed by atoms with E-state index < -0.39 is 5.97 Å². The third-order valence-electron chi connectivity index (χ3n) is 3.31. The van der Waals surface area contributed by atoms with Gasteiger partial charge in [-0.15, -0.1) is 0 Å². The lowest BCUT2D eigenvalue weighted by Gasteiger charge is -2.08. The minimum atomic E-state index is -0.582. The molecular formula is C19H18O5. The Morgan fingerprint density at radius 1 is 0.917 bits per heavy atom. The molecule has 124 valence electrons. The molecule has 0 saturated carbocycles. The van der Waals surface area contributed by atoms with Gasteiger partial charge in [0.2, 0.25) is 0 Å². The fourth-order valence-electron chi connectivity index (χ4n) is 2.03. The van der Waals surface area contributed by atoms with Crippen LogP contribution in [0.25, 0.3) is 6.08 Å². The van der Waals surface area contributed by atoms with Gasteiger partial charge in [-0.2, -0.15) is 0 Å². The zero-order valence-electron chi connectivity index (χ0n) is 13.7. The van der Waals surface area contributed by atoms with Gasteiger partial charge >= 0.3 is 5.97 Å². The molecule has 0 bridgehead atoms. The van der Waals surface area contributed by atoms with Crippen LogP contribution < -0.4 is 14.2 Å². The van der Waals surface area contributed by atoms with E-state index in [1.807, 2.05) is 12.1 Å². The highest BCUT2D eigenvalue weighted by molar-refractivity contribution is 5.98. The van der Waals surface area contributed by atoms with Crippen LogP contribution in [-0.2, 0) is 4.79 Å². The number of hydrogen-bond acceptors (Lipinski definition) is 5. The highest BCUT2D eigenvalue weighted by atomic mass is 16.5. The molecule has 2 aromatic rings. The van der Waals surface area contributed by atoms with Crippen molar-refractivity contribution >= 4 is 17.8 Å². The Morgan fingerprint density at radius 3 is 2.12 bits per heavy atom. The molecule has 0 fully saturated rings. The lowest BCUT2D eigenvalue weighted by atomic mass is 10.1. The Morgan fingerprint density at radius 2 is 1.54 bits per heavy atom. The number of esters is 1. The van der Waals surface area contributed by atoms with E-state index in [0.29, 0.717) is 11.3 Å². The van der Waals surface area contributed by atoms with Crippen LogP contribution in [0, 0.1) is 0 Å². The maximum Gasteiger partial charge on any atom is 0.336 e. The van der Waals surface area contributed by atoms with Gasteiger partial charge in [0, 0.05) is 12.1 Å². The van der Waals surface area contributed by atoms with Crippen molar-refractivity contribution in [2.75, 3.05) is 14.2 Å². The molecule has 2 rings (SSSR count). The minimum Gasteiger partial charge on any atom is -0.497 e. The molecule has 0 aromatic heterocycles. The van der Waals surface area contributed by atoms with Gasteiger partial charge in [-0.3, -0.25) is 4.79 Å². The van der Waals surface area contributed by atoms with Crippen LogP contribution in [0.15, 0.2) is 48.5 Å². The Balaban J connectivity index is 2.13. The van der Waals surface area contributed by atoms with Crippen molar-refractivity contribution in [3.05, 3.63) is 59.7 Å². The predicted molar refractivity (Wildman–Crippen MR) is 90.7 cm³/mol. The predicted octanol–water partition coefficient (Wildman–Crippen LogP) is 3.53. The molecule has 0 radical (unpaired) electrons. The molecule has 5 nitrogen and oxygen atoms in total. The zero-order valence-corrected chi connectivity index (χ0v) is 13.7. The SMILES string of the molecule is COc1ccc(C=CC(=O)Oc2cc(OC)ccc2C(C)=O)cc1. The van der Waals surface area contributed by atoms with E-state index in [-0.39, 0.29) is 11.5 Å². The maximum absolute atomic E-state index is 12.0. The van der Waals surface area contributed by atoms with Crippen molar-refractivity contribution in [1.82, 2.24) is 0 Å². The summed E-state index contributed by atoms with van der Waals surface area (Å²) in [6, 6.07) is 11.9. The van der Waals surface area contributed by atoms with Crippen molar-refractivity contribution in [2.45, 2.75) is 6.92 Å². The van der Waals surface area contributed by atoms with Crippen LogP contribution in [0.5, 0.6) is 17.2 Å². The molecule has 0 heterocycles. The van der Waals surface area contributed by atoms with Gasteiger partial charge in [0.1, 0.15) is 17.2 Å². The molecule has 5 heteroatoms. The fraction of sp³-hybridized carbons (Fsp3) is 0.158. The summed E-state index contributed by atoms with van der Waals surface area (Å²) in [6.07, 6.45) is 2.92. The van der Waals surface area contributed by atoms with Gasteiger partial charge in [0.25, 0.3) is 0 Å². The Kier molecular flexibility index (Phi) is 5.73. The van der Waals surface area contributed by atoms with Crippen LogP contribution in [0.3, 0.4) is 0 Å². The first-order valence-corrected chi connectivity index (χ1v) is 7.26. The molecule has 0 spiro atoms. The van der Waals surface area contributed by atoms with Gasteiger partial charge in [-0.25, -0.2) is 4.79 Å². The summed E-state index contributed by atoms with van der Waals surface area (Å²) in [7, 11) is 3.08. The van der Waals surface area contributed by atoms with E-state index in [1.165, 1.54) is 26.2 Å². The van der Waals surface area contributed by atoms with Gasteiger partial charge in [0.15, 0.2) is 5.78 Å². The van der Waals surface area contributed by atoms with E-state index in [2.05, 4.69) is 0 Å². The van der Waals surface area contributed by atoms with E-state index in [1.54, 1.807) is 37.5 Å². The lowest BCUT2D eigenvalue weighted by molar-refractivity contribution is -0.128. The fourth-order valence-corrected chi connectivity index (χ4v) is 2.03. The van der Waals surface area contributed by atoms with E-state index >= 15 is 0 Å². The second-order valence-electron chi connectivity index (χ2n) is 4.95. The summed E-state index contributed by atoms with van der Waals surface area (Å²) in [5.74, 6) is 0.631. The van der Waals surface area contributed by atoms with E-state index in [9.17, 15) is 9.59 Å². The third kappa shape index (κ3) is 4.46. The molecule has 0 unspecified atom stereocenters. The van der Waals surface area contributed by atoms with Crippen LogP contribution in [-0.4, -0.2) is 26.0 Å². The normalized spacial score (nSPS) is 10.5. The maximum atomic E-state index is 12.0. The zero-order chi connectivity index (χ0) is 17.5. The number of ether oxygens (including phenoxy) is 3. The third-order valence-corrected chi connectivity index (χ3v) is 3.31. The standard InChI is InChI=1S/C19H18O5/c1-13(20)17-10-9-16(23-3)12-18(17)24-19(21)11-6-14-4-7-15(22-2)8-5-14/h4-12H,1-3H3. The first-order valence-electron chi connectivity index (χ1n) is 7.26. The van der Waals surface area contributed by atoms with Crippen molar-refractivity contribution in [3.63, 3.8) is 0 Å². The van der Waals surface area contributed by atoms with E-state index in [0.717, 1.165) is 11.3 Å². The summed E-state index contributed by atoms with van der Waals surface area (Å²) in [5, 5.41) is 0. The summed E-state index contributed by atoms with van der Waals surface area (Å²) in [5.41, 5.74) is 1.15. The van der Waals surface area contributed by atoms with Crippen LogP contribution in [0.1, 0.15) is 22.8 Å². The molecule has 0 amide bonds. The number of carbonyl (C=O) groups is 2. The number of hydrogen-bond donors (Lipinski definition) is 0. The highest BCUT2D eigenvalue weighted by Gasteiger charge is 2.12. The molecule has 0 N–H and O–H groups in total. The lowest BCUT2D eigenvalue weighted by Crippen LogP contribution is -2.07. The minimum absolute atomic E-state index is 0.172. The van der Waals surface area contributed by atoms with Gasteiger partial charge in [-0.05, 0) is 42.8 Å². The van der Waals surface area contributed by atoms with Crippen LogP contribution >= 0.6 is 0 Å². The molecule has 24 heavy (non-hydrogen) atoms. The van der Waals surface area contributed by atoms with Crippen molar-refractivity contribution < 1.29 is 23.8 Å². The Labute approximate surface area is 140 Å². The molecule has 2 aromatic carbocycles. The van der Waals surface area contributed by atoms with Crippen molar-refractivity contribution in [3.8, 4) is 17.2 Å². The molecule has 0 saturated heterocycles. The first-order chi connectivity index (χ1) is 11.5. The van der Waals surface area contributed by atoms with Crippen molar-refractivity contribution in [1.29, 1.82) is 0 Å². The number of methoxy groups -OCH3 is 2.